The van der Waals surface area contributed by atoms with E-state index in [0.717, 1.165) is 13.0 Å². The Morgan fingerprint density at radius 1 is 0.911 bits per heavy atom. The number of non-ortho nitro benzene ring substituents is 1. The van der Waals surface area contributed by atoms with Crippen molar-refractivity contribution in [2.45, 2.75) is 51.6 Å². The number of nitrogens with zero attached hydrogens (tertiary/aromatic N) is 2. The highest BCUT2D eigenvalue weighted by molar-refractivity contribution is 6.00. The van der Waals surface area contributed by atoms with Gasteiger partial charge >= 0.3 is 11.9 Å². The first-order valence-electron chi connectivity index (χ1n) is 14.9. The van der Waals surface area contributed by atoms with Crippen LogP contribution in [0.25, 0.3) is 0 Å². The Labute approximate surface area is 264 Å². The number of ether oxygens (including phenoxy) is 2. The molecule has 0 radical (unpaired) electrons. The molecule has 3 aromatic carbocycles. The van der Waals surface area contributed by atoms with Crippen LogP contribution in [-0.4, -0.2) is 54.6 Å². The summed E-state index contributed by atoms with van der Waals surface area (Å²) in [6.45, 7) is 8.34. The second-order valence-electron chi connectivity index (χ2n) is 12.0. The molecule has 0 aromatic heterocycles. The van der Waals surface area contributed by atoms with Crippen molar-refractivity contribution in [3.05, 3.63) is 134 Å². The number of hydrogen-bond donors (Lipinski definition) is 1. The minimum atomic E-state index is -0.919. The van der Waals surface area contributed by atoms with Crippen molar-refractivity contribution in [3.8, 4) is 0 Å². The molecule has 9 heteroatoms. The lowest BCUT2D eigenvalue weighted by Crippen LogP contribution is -2.42. The van der Waals surface area contributed by atoms with Gasteiger partial charge in [0.25, 0.3) is 5.69 Å². The first-order valence-corrected chi connectivity index (χ1v) is 14.9. The van der Waals surface area contributed by atoms with E-state index in [-0.39, 0.29) is 22.8 Å². The zero-order valence-electron chi connectivity index (χ0n) is 26.7. The zero-order valence-corrected chi connectivity index (χ0v) is 26.7. The minimum absolute atomic E-state index is 0.149. The topological polar surface area (TPSA) is 111 Å². The van der Waals surface area contributed by atoms with E-state index in [1.54, 1.807) is 19.9 Å². The van der Waals surface area contributed by atoms with Crippen LogP contribution in [0.3, 0.4) is 0 Å². The van der Waals surface area contributed by atoms with E-state index < -0.39 is 28.4 Å². The summed E-state index contributed by atoms with van der Waals surface area (Å²) in [4.78, 5) is 40.2. The number of benzene rings is 3. The third-order valence-electron chi connectivity index (χ3n) is 8.02. The second kappa shape index (κ2) is 14.3. The third kappa shape index (κ3) is 8.05. The van der Waals surface area contributed by atoms with E-state index in [1.165, 1.54) is 36.4 Å². The standard InChI is InChI=1S/C36H41N3O6/c1-24-31(34(40)44-6)33(28-18-13-19-29(22-28)39(42)43)32(25(2)37-24)35(41)45-36(3,4)23-38(5)21-20-30(26-14-9-7-10-15-26)27-16-11-8-12-17-27/h7-19,22,30,33,37H,20-21,23H2,1-6H3/t33-/m0/s1. The van der Waals surface area contributed by atoms with Crippen molar-refractivity contribution in [2.75, 3.05) is 27.2 Å². The molecule has 1 aliphatic heterocycles. The van der Waals surface area contributed by atoms with E-state index in [4.69, 9.17) is 9.47 Å². The molecule has 1 N–H and O–H groups in total. The lowest BCUT2D eigenvalue weighted by Gasteiger charge is -2.34. The summed E-state index contributed by atoms with van der Waals surface area (Å²) in [7, 11) is 3.26. The number of rotatable bonds is 12. The van der Waals surface area contributed by atoms with Crippen molar-refractivity contribution >= 4 is 17.6 Å². The highest BCUT2D eigenvalue weighted by Crippen LogP contribution is 2.40. The van der Waals surface area contributed by atoms with Crippen LogP contribution in [0.4, 0.5) is 5.69 Å². The highest BCUT2D eigenvalue weighted by Gasteiger charge is 2.40. The number of likely N-dealkylation sites (N-methyl/N-ethyl adjacent to an activating group) is 1. The molecular formula is C36H41N3O6. The fraction of sp³-hybridized carbons (Fsp3) is 0.333. The summed E-state index contributed by atoms with van der Waals surface area (Å²) in [5.41, 5.74) is 3.24. The summed E-state index contributed by atoms with van der Waals surface area (Å²) < 4.78 is 11.2. The number of nitro groups is 1. The van der Waals surface area contributed by atoms with Gasteiger partial charge in [-0.3, -0.25) is 10.1 Å². The van der Waals surface area contributed by atoms with E-state index in [9.17, 15) is 19.7 Å². The van der Waals surface area contributed by atoms with E-state index in [1.807, 2.05) is 33.0 Å². The van der Waals surface area contributed by atoms with Gasteiger partial charge in [-0.15, -0.1) is 0 Å². The first kappa shape index (κ1) is 33.1. The Hall–Kier alpha value is -4.76. The summed E-state index contributed by atoms with van der Waals surface area (Å²) in [5.74, 6) is -1.96. The van der Waals surface area contributed by atoms with Gasteiger partial charge < -0.3 is 19.7 Å². The maximum atomic E-state index is 14.0. The lowest BCUT2D eigenvalue weighted by molar-refractivity contribution is -0.384. The SMILES string of the molecule is COC(=O)C1=C(C)NC(C)=C(C(=O)OC(C)(C)CN(C)CCC(c2ccccc2)c2ccccc2)[C@H]1c1cccc([N+](=O)[O-])c1. The van der Waals surface area contributed by atoms with Crippen molar-refractivity contribution in [1.29, 1.82) is 0 Å². The molecule has 3 aromatic rings. The van der Waals surface area contributed by atoms with Crippen LogP contribution in [0.15, 0.2) is 107 Å². The van der Waals surface area contributed by atoms with Crippen LogP contribution < -0.4 is 5.32 Å². The van der Waals surface area contributed by atoms with Crippen LogP contribution >= 0.6 is 0 Å². The summed E-state index contributed by atoms with van der Waals surface area (Å²) in [6, 6.07) is 26.8. The molecule has 0 spiro atoms. The quantitative estimate of drug-likeness (QED) is 0.141. The number of nitro benzene ring substituents is 1. The molecule has 0 saturated carbocycles. The Bertz CT molecular complexity index is 1560. The fourth-order valence-electron chi connectivity index (χ4n) is 6.11. The molecule has 236 valence electrons. The lowest BCUT2D eigenvalue weighted by atomic mass is 9.80. The average molecular weight is 612 g/mol. The number of hydrogen-bond acceptors (Lipinski definition) is 8. The van der Waals surface area contributed by atoms with Crippen molar-refractivity contribution < 1.29 is 24.0 Å². The predicted molar refractivity (Wildman–Crippen MR) is 173 cm³/mol. The maximum absolute atomic E-state index is 14.0. The maximum Gasteiger partial charge on any atom is 0.337 e. The number of methoxy groups -OCH3 is 1. The van der Waals surface area contributed by atoms with Crippen LogP contribution in [0.2, 0.25) is 0 Å². The Morgan fingerprint density at radius 2 is 1.47 bits per heavy atom. The van der Waals surface area contributed by atoms with Gasteiger partial charge in [-0.05, 0) is 64.4 Å². The minimum Gasteiger partial charge on any atom is -0.466 e. The van der Waals surface area contributed by atoms with Gasteiger partial charge in [0, 0.05) is 36.0 Å². The van der Waals surface area contributed by atoms with Gasteiger partial charge in [0.2, 0.25) is 0 Å². The molecule has 0 amide bonds. The fourth-order valence-corrected chi connectivity index (χ4v) is 6.11. The number of carbonyl (C=O) groups is 2. The van der Waals surface area contributed by atoms with E-state index in [0.29, 0.717) is 23.5 Å². The molecule has 4 rings (SSSR count). The van der Waals surface area contributed by atoms with Crippen molar-refractivity contribution in [1.82, 2.24) is 10.2 Å². The molecular weight excluding hydrogens is 570 g/mol. The first-order chi connectivity index (χ1) is 21.4. The van der Waals surface area contributed by atoms with E-state index in [2.05, 4.69) is 58.7 Å². The third-order valence-corrected chi connectivity index (χ3v) is 8.02. The number of carbonyl (C=O) groups excluding carboxylic acids is 2. The van der Waals surface area contributed by atoms with Gasteiger partial charge in [-0.1, -0.05) is 72.8 Å². The van der Waals surface area contributed by atoms with Gasteiger partial charge in [0.15, 0.2) is 0 Å². The molecule has 0 unspecified atom stereocenters. The molecule has 1 aliphatic rings. The normalized spacial score (nSPS) is 15.2. The summed E-state index contributed by atoms with van der Waals surface area (Å²) in [5, 5.41) is 14.7. The largest absolute Gasteiger partial charge is 0.466 e. The number of dihydropyridines is 1. The molecule has 1 heterocycles. The van der Waals surface area contributed by atoms with Crippen molar-refractivity contribution in [3.63, 3.8) is 0 Å². The predicted octanol–water partition coefficient (Wildman–Crippen LogP) is 6.48. The molecule has 0 bridgehead atoms. The number of esters is 2. The zero-order chi connectivity index (χ0) is 32.7. The van der Waals surface area contributed by atoms with Crippen LogP contribution in [0, 0.1) is 10.1 Å². The number of allylic oxidation sites excluding steroid dienone is 2. The number of nitrogens with one attached hydrogen (secondary N) is 1. The Balaban J connectivity index is 1.54. The van der Waals surface area contributed by atoms with Gasteiger partial charge in [-0.2, -0.15) is 0 Å². The molecule has 0 aliphatic carbocycles. The van der Waals surface area contributed by atoms with Crippen molar-refractivity contribution in [2.24, 2.45) is 0 Å². The Morgan fingerprint density at radius 3 is 2.00 bits per heavy atom. The molecule has 0 fully saturated rings. The van der Waals surface area contributed by atoms with Crippen LogP contribution in [0.5, 0.6) is 0 Å². The smallest absolute Gasteiger partial charge is 0.337 e. The van der Waals surface area contributed by atoms with Gasteiger partial charge in [0.05, 0.1) is 29.1 Å². The molecule has 0 saturated heterocycles. The Kier molecular flexibility index (Phi) is 10.6. The second-order valence-corrected chi connectivity index (χ2v) is 12.0. The van der Waals surface area contributed by atoms with E-state index >= 15 is 0 Å². The molecule has 45 heavy (non-hydrogen) atoms. The molecule has 9 nitrogen and oxygen atoms in total. The van der Waals surface area contributed by atoms with Crippen LogP contribution in [0.1, 0.15) is 62.6 Å². The van der Waals surface area contributed by atoms with Gasteiger partial charge in [-0.25, -0.2) is 9.59 Å². The van der Waals surface area contributed by atoms with Gasteiger partial charge in [0.1, 0.15) is 5.60 Å². The highest BCUT2D eigenvalue weighted by atomic mass is 16.6. The summed E-state index contributed by atoms with van der Waals surface area (Å²) in [6.07, 6.45) is 0.865. The average Bonchev–Trinajstić information content (AvgIpc) is 3.01. The monoisotopic (exact) mass is 611 g/mol. The summed E-state index contributed by atoms with van der Waals surface area (Å²) >= 11 is 0. The van der Waals surface area contributed by atoms with Crippen LogP contribution in [-0.2, 0) is 19.1 Å². The molecule has 1 atom stereocenters.